The second kappa shape index (κ2) is 7.38. The van der Waals surface area contributed by atoms with Crippen molar-refractivity contribution in [2.45, 2.75) is 19.4 Å². The lowest BCUT2D eigenvalue weighted by Gasteiger charge is -2.13. The van der Waals surface area contributed by atoms with Gasteiger partial charge in [0, 0.05) is 15.2 Å². The number of nitrogens with zero attached hydrogens (tertiary/aromatic N) is 1. The third-order valence-corrected chi connectivity index (χ3v) is 6.10. The summed E-state index contributed by atoms with van der Waals surface area (Å²) in [4.78, 5) is 17.9. The number of hydrogen-bond donors (Lipinski definition) is 1. The van der Waals surface area contributed by atoms with Gasteiger partial charge in [0.05, 0.1) is 23.0 Å². The summed E-state index contributed by atoms with van der Waals surface area (Å²) in [5, 5.41) is 7.96. The van der Waals surface area contributed by atoms with Gasteiger partial charge in [0.1, 0.15) is 5.01 Å². The summed E-state index contributed by atoms with van der Waals surface area (Å²) in [6.45, 7) is 1.99. The maximum Gasteiger partial charge on any atom is 0.226 e. The SMILES string of the molecule is CC(NC(=O)Cc1csc(-c2cc(Br)cs2)n1)c1ccccc1. The number of benzene rings is 1. The van der Waals surface area contributed by atoms with Crippen LogP contribution >= 0.6 is 38.6 Å². The standard InChI is InChI=1S/C17H15BrN2OS2/c1-11(12-5-3-2-4-6-12)19-16(21)8-14-10-23-17(20-14)15-7-13(18)9-22-15/h2-7,9-11H,8H2,1H3,(H,19,21). The first kappa shape index (κ1) is 16.4. The van der Waals surface area contributed by atoms with Crippen LogP contribution in [0.3, 0.4) is 0 Å². The predicted molar refractivity (Wildman–Crippen MR) is 99.8 cm³/mol. The van der Waals surface area contributed by atoms with Gasteiger partial charge in [0.2, 0.25) is 5.91 Å². The summed E-state index contributed by atoms with van der Waals surface area (Å²) in [6.07, 6.45) is 0.306. The molecule has 3 aromatic rings. The molecule has 6 heteroatoms. The van der Waals surface area contributed by atoms with Gasteiger partial charge in [-0.2, -0.15) is 0 Å². The van der Waals surface area contributed by atoms with Crippen molar-refractivity contribution in [3.05, 3.63) is 62.9 Å². The molecule has 0 saturated heterocycles. The summed E-state index contributed by atoms with van der Waals surface area (Å²) in [6, 6.07) is 12.0. The zero-order valence-electron chi connectivity index (χ0n) is 12.5. The van der Waals surface area contributed by atoms with Crippen molar-refractivity contribution in [2.75, 3.05) is 0 Å². The first-order valence-electron chi connectivity index (χ1n) is 7.15. The molecule has 0 fully saturated rings. The number of amides is 1. The number of nitrogens with one attached hydrogen (secondary N) is 1. The van der Waals surface area contributed by atoms with Crippen LogP contribution in [0.2, 0.25) is 0 Å². The number of thiophene rings is 1. The van der Waals surface area contributed by atoms with Gasteiger partial charge in [-0.05, 0) is 34.5 Å². The van der Waals surface area contributed by atoms with Gasteiger partial charge in [0.15, 0.2) is 0 Å². The minimum absolute atomic E-state index is 0.00458. The van der Waals surface area contributed by atoms with E-state index < -0.39 is 0 Å². The lowest BCUT2D eigenvalue weighted by molar-refractivity contribution is -0.121. The summed E-state index contributed by atoms with van der Waals surface area (Å²) in [5.41, 5.74) is 1.91. The molecule has 1 N–H and O–H groups in total. The van der Waals surface area contributed by atoms with E-state index in [4.69, 9.17) is 0 Å². The monoisotopic (exact) mass is 406 g/mol. The molecule has 0 aliphatic heterocycles. The number of hydrogen-bond acceptors (Lipinski definition) is 4. The van der Waals surface area contributed by atoms with E-state index in [2.05, 4.69) is 26.2 Å². The third-order valence-electron chi connectivity index (χ3n) is 3.35. The Labute approximate surface area is 151 Å². The normalized spacial score (nSPS) is 12.1. The number of rotatable bonds is 5. The number of carbonyl (C=O) groups excluding carboxylic acids is 1. The Morgan fingerprint density at radius 3 is 2.74 bits per heavy atom. The highest BCUT2D eigenvalue weighted by atomic mass is 79.9. The molecule has 2 aromatic heterocycles. The van der Waals surface area contributed by atoms with Crippen LogP contribution in [-0.4, -0.2) is 10.9 Å². The zero-order valence-corrected chi connectivity index (χ0v) is 15.7. The molecule has 1 atom stereocenters. The van der Waals surface area contributed by atoms with Crippen molar-refractivity contribution in [1.82, 2.24) is 10.3 Å². The largest absolute Gasteiger partial charge is 0.349 e. The van der Waals surface area contributed by atoms with Gasteiger partial charge in [-0.15, -0.1) is 22.7 Å². The van der Waals surface area contributed by atoms with Crippen molar-refractivity contribution in [3.8, 4) is 9.88 Å². The molecule has 1 unspecified atom stereocenters. The highest BCUT2D eigenvalue weighted by Gasteiger charge is 2.13. The van der Waals surface area contributed by atoms with Gasteiger partial charge >= 0.3 is 0 Å². The van der Waals surface area contributed by atoms with Crippen LogP contribution in [0.5, 0.6) is 0 Å². The van der Waals surface area contributed by atoms with Gasteiger partial charge in [0.25, 0.3) is 0 Å². The van der Waals surface area contributed by atoms with E-state index in [1.54, 1.807) is 22.7 Å². The number of halogens is 1. The molecule has 1 amide bonds. The molecule has 0 saturated carbocycles. The molecule has 0 radical (unpaired) electrons. The highest BCUT2D eigenvalue weighted by molar-refractivity contribution is 9.10. The van der Waals surface area contributed by atoms with Gasteiger partial charge in [-0.3, -0.25) is 4.79 Å². The highest BCUT2D eigenvalue weighted by Crippen LogP contribution is 2.32. The van der Waals surface area contributed by atoms with Gasteiger partial charge in [-0.1, -0.05) is 30.3 Å². The van der Waals surface area contributed by atoms with Crippen LogP contribution in [0, 0.1) is 0 Å². The van der Waals surface area contributed by atoms with Crippen LogP contribution in [0.15, 0.2) is 51.6 Å². The molecule has 1 aromatic carbocycles. The maximum absolute atomic E-state index is 12.2. The average Bonchev–Trinajstić information content (AvgIpc) is 3.17. The molecule has 3 rings (SSSR count). The van der Waals surface area contributed by atoms with Crippen molar-refractivity contribution in [3.63, 3.8) is 0 Å². The van der Waals surface area contributed by atoms with Crippen molar-refractivity contribution in [1.29, 1.82) is 0 Å². The van der Waals surface area contributed by atoms with Gasteiger partial charge in [-0.25, -0.2) is 4.98 Å². The predicted octanol–water partition coefficient (Wildman–Crippen LogP) is 5.05. The van der Waals surface area contributed by atoms with Crippen molar-refractivity contribution in [2.24, 2.45) is 0 Å². The maximum atomic E-state index is 12.2. The van der Waals surface area contributed by atoms with Crippen LogP contribution in [0.4, 0.5) is 0 Å². The Kier molecular flexibility index (Phi) is 5.25. The fourth-order valence-corrected chi connectivity index (χ4v) is 4.54. The molecular weight excluding hydrogens is 392 g/mol. The molecule has 0 aliphatic rings. The quantitative estimate of drug-likeness (QED) is 0.643. The van der Waals surface area contributed by atoms with Crippen molar-refractivity contribution >= 4 is 44.5 Å². The van der Waals surface area contributed by atoms with Crippen LogP contribution < -0.4 is 5.32 Å². The molecule has 118 valence electrons. The molecule has 0 bridgehead atoms. The fourth-order valence-electron chi connectivity index (χ4n) is 2.21. The summed E-state index contributed by atoms with van der Waals surface area (Å²) in [5.74, 6) is -0.00874. The van der Waals surface area contributed by atoms with E-state index in [1.165, 1.54) is 0 Å². The minimum Gasteiger partial charge on any atom is -0.349 e. The molecule has 0 spiro atoms. The van der Waals surface area contributed by atoms with Gasteiger partial charge < -0.3 is 5.32 Å². The smallest absolute Gasteiger partial charge is 0.226 e. The Morgan fingerprint density at radius 1 is 1.26 bits per heavy atom. The molecular formula is C17H15BrN2OS2. The molecule has 3 nitrogen and oxygen atoms in total. The Bertz CT molecular complexity index is 798. The Morgan fingerprint density at radius 2 is 2.04 bits per heavy atom. The molecule has 23 heavy (non-hydrogen) atoms. The first-order chi connectivity index (χ1) is 11.1. The lowest BCUT2D eigenvalue weighted by Crippen LogP contribution is -2.28. The number of carbonyl (C=O) groups is 1. The molecule has 0 aliphatic carbocycles. The van der Waals surface area contributed by atoms with E-state index in [0.717, 1.165) is 25.6 Å². The minimum atomic E-state index is -0.00874. The zero-order chi connectivity index (χ0) is 16.2. The topological polar surface area (TPSA) is 42.0 Å². The summed E-state index contributed by atoms with van der Waals surface area (Å²) in [7, 11) is 0. The number of aromatic nitrogens is 1. The van der Waals surface area contributed by atoms with E-state index in [1.807, 2.05) is 54.1 Å². The van der Waals surface area contributed by atoms with E-state index in [-0.39, 0.29) is 11.9 Å². The van der Waals surface area contributed by atoms with Crippen LogP contribution in [0.1, 0.15) is 24.2 Å². The lowest BCUT2D eigenvalue weighted by atomic mass is 10.1. The first-order valence-corrected chi connectivity index (χ1v) is 9.70. The third kappa shape index (κ3) is 4.28. The second-order valence-electron chi connectivity index (χ2n) is 5.15. The summed E-state index contributed by atoms with van der Waals surface area (Å²) < 4.78 is 1.06. The van der Waals surface area contributed by atoms with Crippen molar-refractivity contribution < 1.29 is 4.79 Å². The second-order valence-corrected chi connectivity index (χ2v) is 7.83. The average molecular weight is 407 g/mol. The van der Waals surface area contributed by atoms with Crippen LogP contribution in [0.25, 0.3) is 9.88 Å². The van der Waals surface area contributed by atoms with E-state index in [0.29, 0.717) is 6.42 Å². The van der Waals surface area contributed by atoms with E-state index in [9.17, 15) is 4.79 Å². The number of thiazole rings is 1. The summed E-state index contributed by atoms with van der Waals surface area (Å²) >= 11 is 6.66. The Hall–Kier alpha value is -1.50. The molecule has 2 heterocycles. The Balaban J connectivity index is 1.61. The fraction of sp³-hybridized carbons (Fsp3) is 0.176. The van der Waals surface area contributed by atoms with E-state index >= 15 is 0 Å². The van der Waals surface area contributed by atoms with Crippen LogP contribution in [-0.2, 0) is 11.2 Å².